The monoisotopic (exact) mass is 294 g/mol. The molecule has 0 radical (unpaired) electrons. The van der Waals surface area contributed by atoms with Gasteiger partial charge in [0, 0.05) is 12.1 Å². The van der Waals surface area contributed by atoms with Crippen molar-refractivity contribution in [3.63, 3.8) is 0 Å². The predicted octanol–water partition coefficient (Wildman–Crippen LogP) is 1.02. The van der Waals surface area contributed by atoms with Gasteiger partial charge < -0.3 is 21.3 Å². The van der Waals surface area contributed by atoms with Crippen molar-refractivity contribution in [1.82, 2.24) is 5.32 Å². The van der Waals surface area contributed by atoms with Crippen LogP contribution in [-0.2, 0) is 9.59 Å². The minimum Gasteiger partial charge on any atom is -0.481 e. The lowest BCUT2D eigenvalue weighted by molar-refractivity contribution is -0.140. The molecule has 114 valence electrons. The van der Waals surface area contributed by atoms with Crippen molar-refractivity contribution in [3.05, 3.63) is 29.3 Å². The van der Waals surface area contributed by atoms with Crippen LogP contribution < -0.4 is 11.1 Å². The smallest absolute Gasteiger partial charge is 0.326 e. The third-order valence-electron chi connectivity index (χ3n) is 2.94. The number of aryl methyl sites for hydroxylation is 1. The summed E-state index contributed by atoms with van der Waals surface area (Å²) in [5.74, 6) is -2.80. The van der Waals surface area contributed by atoms with Crippen LogP contribution in [0.5, 0.6) is 0 Å². The van der Waals surface area contributed by atoms with Gasteiger partial charge in [0.1, 0.15) is 6.04 Å². The summed E-state index contributed by atoms with van der Waals surface area (Å²) in [7, 11) is 0. The molecule has 5 N–H and O–H groups in total. The van der Waals surface area contributed by atoms with E-state index < -0.39 is 23.9 Å². The molecule has 1 aromatic carbocycles. The van der Waals surface area contributed by atoms with Crippen LogP contribution in [0.3, 0.4) is 0 Å². The number of hydrogen-bond acceptors (Lipinski definition) is 4. The molecule has 0 spiro atoms. The number of anilines is 1. The molecule has 0 heterocycles. The number of rotatable bonds is 7. The molecule has 7 nitrogen and oxygen atoms in total. The van der Waals surface area contributed by atoms with Gasteiger partial charge in [0.15, 0.2) is 0 Å². The second kappa shape index (κ2) is 7.28. The average molecular weight is 294 g/mol. The Morgan fingerprint density at radius 1 is 1.29 bits per heavy atom. The maximum atomic E-state index is 12.1. The molecule has 1 rings (SSSR count). The first-order valence-corrected chi connectivity index (χ1v) is 6.43. The van der Waals surface area contributed by atoms with Gasteiger partial charge in [0.2, 0.25) is 0 Å². The van der Waals surface area contributed by atoms with Gasteiger partial charge in [-0.2, -0.15) is 0 Å². The van der Waals surface area contributed by atoms with E-state index in [0.29, 0.717) is 0 Å². The lowest BCUT2D eigenvalue weighted by Gasteiger charge is -2.15. The molecule has 1 amide bonds. The van der Waals surface area contributed by atoms with Crippen molar-refractivity contribution >= 4 is 23.5 Å². The molecule has 0 bridgehead atoms. The van der Waals surface area contributed by atoms with Crippen molar-refractivity contribution in [2.45, 2.75) is 32.2 Å². The fourth-order valence-corrected chi connectivity index (χ4v) is 1.82. The minimum atomic E-state index is -1.21. The number of amides is 1. The summed E-state index contributed by atoms with van der Waals surface area (Å²) in [6.07, 6.45) is 0.0568. The number of carboxylic acid groups (broad SMARTS) is 2. The zero-order chi connectivity index (χ0) is 16.0. The van der Waals surface area contributed by atoms with E-state index in [9.17, 15) is 14.4 Å². The summed E-state index contributed by atoms with van der Waals surface area (Å²) in [5, 5.41) is 20.0. The number of benzene rings is 1. The van der Waals surface area contributed by atoms with Crippen LogP contribution in [0.15, 0.2) is 18.2 Å². The first-order valence-electron chi connectivity index (χ1n) is 6.43. The van der Waals surface area contributed by atoms with Crippen molar-refractivity contribution in [2.24, 2.45) is 0 Å². The van der Waals surface area contributed by atoms with Crippen molar-refractivity contribution < 1.29 is 24.6 Å². The van der Waals surface area contributed by atoms with Crippen LogP contribution >= 0.6 is 0 Å². The number of hydrogen-bond donors (Lipinski definition) is 4. The molecule has 7 heteroatoms. The quantitative estimate of drug-likeness (QED) is 0.555. The summed E-state index contributed by atoms with van der Waals surface area (Å²) < 4.78 is 0. The Kier molecular flexibility index (Phi) is 5.71. The molecule has 0 saturated heterocycles. The normalized spacial score (nSPS) is 11.7. The highest BCUT2D eigenvalue weighted by Gasteiger charge is 2.21. The van der Waals surface area contributed by atoms with Crippen LogP contribution in [0.25, 0.3) is 0 Å². The first kappa shape index (κ1) is 16.5. The molecular formula is C14H18N2O5. The average Bonchev–Trinajstić information content (AvgIpc) is 2.39. The molecule has 21 heavy (non-hydrogen) atoms. The van der Waals surface area contributed by atoms with E-state index in [1.54, 1.807) is 25.1 Å². The summed E-state index contributed by atoms with van der Waals surface area (Å²) in [5.41, 5.74) is 6.99. The summed E-state index contributed by atoms with van der Waals surface area (Å²) in [6.45, 7) is 1.79. The molecule has 0 aliphatic rings. The molecule has 0 saturated carbocycles. The highest BCUT2D eigenvalue weighted by molar-refractivity contribution is 6.01. The highest BCUT2D eigenvalue weighted by Crippen LogP contribution is 2.14. The van der Waals surface area contributed by atoms with Crippen LogP contribution in [0, 0.1) is 6.92 Å². The van der Waals surface area contributed by atoms with Crippen molar-refractivity contribution in [2.75, 3.05) is 5.73 Å². The van der Waals surface area contributed by atoms with Gasteiger partial charge >= 0.3 is 11.9 Å². The topological polar surface area (TPSA) is 130 Å². The lowest BCUT2D eigenvalue weighted by atomic mass is 10.1. The molecule has 0 unspecified atom stereocenters. The second-order valence-electron chi connectivity index (χ2n) is 4.74. The van der Waals surface area contributed by atoms with E-state index in [1.165, 1.54) is 0 Å². The van der Waals surface area contributed by atoms with Crippen LogP contribution in [0.2, 0.25) is 0 Å². The van der Waals surface area contributed by atoms with E-state index >= 15 is 0 Å². The van der Waals surface area contributed by atoms with E-state index in [0.717, 1.165) is 5.56 Å². The maximum Gasteiger partial charge on any atom is 0.326 e. The van der Waals surface area contributed by atoms with Gasteiger partial charge in [-0.3, -0.25) is 9.59 Å². The predicted molar refractivity (Wildman–Crippen MR) is 76.0 cm³/mol. The van der Waals surface area contributed by atoms with Gasteiger partial charge in [-0.05, 0) is 31.9 Å². The van der Waals surface area contributed by atoms with Gasteiger partial charge in [-0.1, -0.05) is 11.6 Å². The lowest BCUT2D eigenvalue weighted by Crippen LogP contribution is -2.41. The fourth-order valence-electron chi connectivity index (χ4n) is 1.82. The van der Waals surface area contributed by atoms with Gasteiger partial charge in [0.25, 0.3) is 5.91 Å². The highest BCUT2D eigenvalue weighted by atomic mass is 16.4. The number of carbonyl (C=O) groups excluding carboxylic acids is 1. The first-order chi connectivity index (χ1) is 9.81. The molecule has 1 aromatic rings. The Morgan fingerprint density at radius 3 is 2.52 bits per heavy atom. The minimum absolute atomic E-state index is 0.0408. The Balaban J connectivity index is 2.74. The Morgan fingerprint density at radius 2 is 1.95 bits per heavy atom. The summed E-state index contributed by atoms with van der Waals surface area (Å²) in [6, 6.07) is 3.75. The van der Waals surface area contributed by atoms with Crippen LogP contribution in [0.4, 0.5) is 5.69 Å². The molecule has 0 aliphatic carbocycles. The Labute approximate surface area is 121 Å². The van der Waals surface area contributed by atoms with E-state index in [-0.39, 0.29) is 30.5 Å². The summed E-state index contributed by atoms with van der Waals surface area (Å²) in [4.78, 5) is 33.6. The molecular weight excluding hydrogens is 276 g/mol. The van der Waals surface area contributed by atoms with Gasteiger partial charge in [-0.15, -0.1) is 0 Å². The zero-order valence-electron chi connectivity index (χ0n) is 11.6. The van der Waals surface area contributed by atoms with Crippen LogP contribution in [0.1, 0.15) is 35.2 Å². The number of nitrogen functional groups attached to an aromatic ring is 1. The van der Waals surface area contributed by atoms with Crippen LogP contribution in [-0.4, -0.2) is 34.1 Å². The standard InChI is InChI=1S/C14H18N2O5/c1-8-5-6-10(15)9(7-8)13(19)16-11(14(20)21)3-2-4-12(17)18/h5-7,11H,2-4,15H2,1H3,(H,16,19)(H,17,18)(H,20,21)/t11-/m1/s1. The number of carbonyl (C=O) groups is 3. The molecule has 1 atom stereocenters. The maximum absolute atomic E-state index is 12.1. The number of nitrogens with two attached hydrogens (primary N) is 1. The Bertz CT molecular complexity index is 556. The third-order valence-corrected chi connectivity index (χ3v) is 2.94. The van der Waals surface area contributed by atoms with Gasteiger partial charge in [-0.25, -0.2) is 4.79 Å². The molecule has 0 aromatic heterocycles. The van der Waals surface area contributed by atoms with Crippen molar-refractivity contribution in [3.8, 4) is 0 Å². The number of nitrogens with one attached hydrogen (secondary N) is 1. The largest absolute Gasteiger partial charge is 0.481 e. The SMILES string of the molecule is Cc1ccc(N)c(C(=O)N[C@H](CCCC(=O)O)C(=O)O)c1. The second-order valence-corrected chi connectivity index (χ2v) is 4.74. The zero-order valence-corrected chi connectivity index (χ0v) is 11.6. The number of aliphatic carboxylic acids is 2. The fraction of sp³-hybridized carbons (Fsp3) is 0.357. The van der Waals surface area contributed by atoms with Gasteiger partial charge in [0.05, 0.1) is 5.56 Å². The van der Waals surface area contributed by atoms with E-state index in [4.69, 9.17) is 15.9 Å². The summed E-state index contributed by atoms with van der Waals surface area (Å²) >= 11 is 0. The molecule has 0 fully saturated rings. The third kappa shape index (κ3) is 5.13. The Hall–Kier alpha value is -2.57. The number of carboxylic acids is 2. The molecule has 0 aliphatic heterocycles. The van der Waals surface area contributed by atoms with E-state index in [2.05, 4.69) is 5.32 Å². The van der Waals surface area contributed by atoms with Crippen molar-refractivity contribution in [1.29, 1.82) is 0 Å². The van der Waals surface area contributed by atoms with E-state index in [1.807, 2.05) is 0 Å².